The summed E-state index contributed by atoms with van der Waals surface area (Å²) in [6, 6.07) is 0. The molecule has 6 heteroatoms. The Labute approximate surface area is 107 Å². The van der Waals surface area contributed by atoms with E-state index >= 15 is 0 Å². The average molecular weight is 258 g/mol. The Bertz CT molecular complexity index is 306. The number of carboxylic acid groups (broad SMARTS) is 1. The van der Waals surface area contributed by atoms with Crippen molar-refractivity contribution in [2.75, 3.05) is 26.2 Å². The first kappa shape index (κ1) is 14.8. The van der Waals surface area contributed by atoms with Crippen LogP contribution in [0.15, 0.2) is 0 Å². The number of amides is 1. The van der Waals surface area contributed by atoms with Gasteiger partial charge < -0.3 is 20.1 Å². The van der Waals surface area contributed by atoms with Crippen LogP contribution in [-0.2, 0) is 9.53 Å². The fourth-order valence-corrected chi connectivity index (χ4v) is 1.68. The first-order chi connectivity index (χ1) is 8.28. The van der Waals surface area contributed by atoms with Gasteiger partial charge in [-0.15, -0.1) is 0 Å². The second-order valence-corrected chi connectivity index (χ2v) is 5.60. The van der Waals surface area contributed by atoms with Crippen LogP contribution in [0.1, 0.15) is 27.2 Å². The number of carboxylic acids is 1. The minimum absolute atomic E-state index is 0.127. The van der Waals surface area contributed by atoms with Crippen molar-refractivity contribution in [1.82, 2.24) is 10.2 Å². The molecule has 0 atom stereocenters. The zero-order chi connectivity index (χ0) is 13.8. The zero-order valence-electron chi connectivity index (χ0n) is 11.2. The maximum Gasteiger partial charge on any atom is 0.410 e. The smallest absolute Gasteiger partial charge is 0.410 e. The summed E-state index contributed by atoms with van der Waals surface area (Å²) in [6.45, 7) is 8.09. The van der Waals surface area contributed by atoms with Gasteiger partial charge in [-0.1, -0.05) is 0 Å². The molecular formula is C12H22N2O4. The largest absolute Gasteiger partial charge is 0.481 e. The van der Waals surface area contributed by atoms with Crippen molar-refractivity contribution >= 4 is 12.1 Å². The summed E-state index contributed by atoms with van der Waals surface area (Å²) in [6.07, 6.45) is -0.146. The first-order valence-electron chi connectivity index (χ1n) is 6.18. The third-order valence-electron chi connectivity index (χ3n) is 2.56. The lowest BCUT2D eigenvalue weighted by Crippen LogP contribution is -2.54. The minimum atomic E-state index is -0.800. The predicted molar refractivity (Wildman–Crippen MR) is 66.4 cm³/mol. The maximum atomic E-state index is 11.6. The number of nitrogens with zero attached hydrogens (tertiary/aromatic N) is 1. The van der Waals surface area contributed by atoms with Gasteiger partial charge in [-0.05, 0) is 20.8 Å². The van der Waals surface area contributed by atoms with Gasteiger partial charge in [-0.3, -0.25) is 4.79 Å². The quantitative estimate of drug-likeness (QED) is 0.717. The lowest BCUT2D eigenvalue weighted by molar-refractivity contribution is -0.136. The Balaban J connectivity index is 2.09. The number of hydrogen-bond donors (Lipinski definition) is 2. The van der Waals surface area contributed by atoms with Gasteiger partial charge in [0.1, 0.15) is 5.60 Å². The van der Waals surface area contributed by atoms with Crippen LogP contribution in [0.4, 0.5) is 4.79 Å². The van der Waals surface area contributed by atoms with Crippen molar-refractivity contribution in [3.63, 3.8) is 0 Å². The lowest BCUT2D eigenvalue weighted by atomic mass is 10.0. The number of carbonyl (C=O) groups excluding carboxylic acids is 1. The first-order valence-corrected chi connectivity index (χ1v) is 6.18. The number of ether oxygens (including phenoxy) is 1. The molecule has 0 spiro atoms. The summed E-state index contributed by atoms with van der Waals surface area (Å²) in [5.41, 5.74) is -0.456. The second-order valence-electron chi connectivity index (χ2n) is 5.60. The highest BCUT2D eigenvalue weighted by Crippen LogP contribution is 2.18. The highest BCUT2D eigenvalue weighted by Gasteiger charge is 2.33. The SMILES string of the molecule is CC(C)(C)OC(=O)N1CC(CNCCC(=O)O)C1. The molecule has 0 aromatic heterocycles. The van der Waals surface area contributed by atoms with E-state index in [1.807, 2.05) is 20.8 Å². The molecule has 2 N–H and O–H groups in total. The maximum absolute atomic E-state index is 11.6. The van der Waals surface area contributed by atoms with Gasteiger partial charge in [-0.2, -0.15) is 0 Å². The van der Waals surface area contributed by atoms with Crippen molar-refractivity contribution in [2.24, 2.45) is 5.92 Å². The molecular weight excluding hydrogens is 236 g/mol. The van der Waals surface area contributed by atoms with E-state index in [0.717, 1.165) is 6.54 Å². The Hall–Kier alpha value is -1.30. The summed E-state index contributed by atoms with van der Waals surface area (Å²) in [4.78, 5) is 23.6. The fourth-order valence-electron chi connectivity index (χ4n) is 1.68. The molecule has 0 radical (unpaired) electrons. The van der Waals surface area contributed by atoms with E-state index < -0.39 is 11.6 Å². The molecule has 0 aromatic rings. The number of rotatable bonds is 5. The summed E-state index contributed by atoms with van der Waals surface area (Å²) < 4.78 is 5.24. The normalized spacial score (nSPS) is 16.3. The van der Waals surface area contributed by atoms with E-state index in [0.29, 0.717) is 25.6 Å². The number of carbonyl (C=O) groups is 2. The van der Waals surface area contributed by atoms with Crippen molar-refractivity contribution in [1.29, 1.82) is 0 Å². The Morgan fingerprint density at radius 1 is 1.39 bits per heavy atom. The Kier molecular flexibility index (Phi) is 4.95. The molecule has 1 heterocycles. The summed E-state index contributed by atoms with van der Waals surface area (Å²) >= 11 is 0. The Morgan fingerprint density at radius 3 is 2.50 bits per heavy atom. The van der Waals surface area contributed by atoms with Crippen molar-refractivity contribution in [3.05, 3.63) is 0 Å². The minimum Gasteiger partial charge on any atom is -0.481 e. The molecule has 6 nitrogen and oxygen atoms in total. The van der Waals surface area contributed by atoms with Gasteiger partial charge in [0.2, 0.25) is 0 Å². The third kappa shape index (κ3) is 5.35. The van der Waals surface area contributed by atoms with E-state index in [1.54, 1.807) is 4.90 Å². The molecule has 0 saturated carbocycles. The Morgan fingerprint density at radius 2 is 2.00 bits per heavy atom. The van der Waals surface area contributed by atoms with Gasteiger partial charge in [0.15, 0.2) is 0 Å². The van der Waals surface area contributed by atoms with Crippen LogP contribution in [0.5, 0.6) is 0 Å². The van der Waals surface area contributed by atoms with Crippen LogP contribution in [0.25, 0.3) is 0 Å². The zero-order valence-corrected chi connectivity index (χ0v) is 11.2. The van der Waals surface area contributed by atoms with Crippen molar-refractivity contribution < 1.29 is 19.4 Å². The highest BCUT2D eigenvalue weighted by molar-refractivity contribution is 5.69. The lowest BCUT2D eigenvalue weighted by Gasteiger charge is -2.39. The molecule has 1 amide bonds. The van der Waals surface area contributed by atoms with Gasteiger partial charge >= 0.3 is 12.1 Å². The molecule has 1 aliphatic heterocycles. The van der Waals surface area contributed by atoms with Crippen LogP contribution in [0.3, 0.4) is 0 Å². The van der Waals surface area contributed by atoms with Gasteiger partial charge in [0, 0.05) is 32.1 Å². The molecule has 104 valence electrons. The predicted octanol–water partition coefficient (Wildman–Crippen LogP) is 0.918. The number of nitrogens with one attached hydrogen (secondary N) is 1. The van der Waals surface area contributed by atoms with E-state index in [9.17, 15) is 9.59 Å². The number of aliphatic carboxylic acids is 1. The molecule has 0 bridgehead atoms. The average Bonchev–Trinajstić information content (AvgIpc) is 2.10. The molecule has 0 unspecified atom stereocenters. The van der Waals surface area contributed by atoms with Crippen LogP contribution < -0.4 is 5.32 Å². The molecule has 0 aromatic carbocycles. The second kappa shape index (κ2) is 6.04. The number of likely N-dealkylation sites (tertiary alicyclic amines) is 1. The summed E-state index contributed by atoms with van der Waals surface area (Å²) in [7, 11) is 0. The molecule has 1 aliphatic rings. The van der Waals surface area contributed by atoms with E-state index in [2.05, 4.69) is 5.32 Å². The topological polar surface area (TPSA) is 78.9 Å². The summed E-state index contributed by atoms with van der Waals surface area (Å²) in [5, 5.41) is 11.5. The molecule has 18 heavy (non-hydrogen) atoms. The van der Waals surface area contributed by atoms with Gasteiger partial charge in [-0.25, -0.2) is 4.79 Å². The van der Waals surface area contributed by atoms with E-state index in [4.69, 9.17) is 9.84 Å². The van der Waals surface area contributed by atoms with Crippen LogP contribution in [-0.4, -0.2) is 53.8 Å². The fraction of sp³-hybridized carbons (Fsp3) is 0.833. The van der Waals surface area contributed by atoms with Gasteiger partial charge in [0.25, 0.3) is 0 Å². The molecule has 1 fully saturated rings. The standard InChI is InChI=1S/C12H22N2O4/c1-12(2,3)18-11(17)14-7-9(8-14)6-13-5-4-10(15)16/h9,13H,4-8H2,1-3H3,(H,15,16). The molecule has 1 saturated heterocycles. The van der Waals surface area contributed by atoms with Gasteiger partial charge in [0.05, 0.1) is 6.42 Å². The van der Waals surface area contributed by atoms with E-state index in [-0.39, 0.29) is 12.5 Å². The van der Waals surface area contributed by atoms with E-state index in [1.165, 1.54) is 0 Å². The number of hydrogen-bond acceptors (Lipinski definition) is 4. The summed E-state index contributed by atoms with van der Waals surface area (Å²) in [5.74, 6) is -0.405. The third-order valence-corrected chi connectivity index (χ3v) is 2.56. The van der Waals surface area contributed by atoms with Crippen molar-refractivity contribution in [2.45, 2.75) is 32.8 Å². The monoisotopic (exact) mass is 258 g/mol. The molecule has 0 aliphatic carbocycles. The highest BCUT2D eigenvalue weighted by atomic mass is 16.6. The molecule has 1 rings (SSSR count). The van der Waals surface area contributed by atoms with Crippen LogP contribution >= 0.6 is 0 Å². The van der Waals surface area contributed by atoms with Crippen molar-refractivity contribution in [3.8, 4) is 0 Å². The van der Waals surface area contributed by atoms with Crippen LogP contribution in [0, 0.1) is 5.92 Å². The van der Waals surface area contributed by atoms with Crippen LogP contribution in [0.2, 0.25) is 0 Å².